The normalized spacial score (nSPS) is 14.9. The van der Waals surface area contributed by atoms with E-state index >= 15 is 0 Å². The van der Waals surface area contributed by atoms with Crippen LogP contribution < -0.4 is 0 Å². The van der Waals surface area contributed by atoms with Gasteiger partial charge in [0.25, 0.3) is 0 Å². The van der Waals surface area contributed by atoms with Gasteiger partial charge in [-0.2, -0.15) is 5.10 Å². The lowest BCUT2D eigenvalue weighted by molar-refractivity contribution is 0.0615. The summed E-state index contributed by atoms with van der Waals surface area (Å²) in [5.41, 5.74) is 0.274. The van der Waals surface area contributed by atoms with Gasteiger partial charge in [0.05, 0.1) is 6.20 Å². The van der Waals surface area contributed by atoms with Crippen LogP contribution in [0.15, 0.2) is 29.9 Å². The number of aryl methyl sites for hydroxylation is 1. The second kappa shape index (κ2) is 4.39. The first-order valence-electron chi connectivity index (χ1n) is 5.39. The number of hydrogen-bond donors (Lipinski definition) is 1. The third-order valence-electron chi connectivity index (χ3n) is 2.61. The maximum atomic E-state index is 10.4. The van der Waals surface area contributed by atoms with E-state index in [0.29, 0.717) is 6.42 Å². The second-order valence-corrected chi connectivity index (χ2v) is 5.08. The zero-order valence-corrected chi connectivity index (χ0v) is 10.4. The van der Waals surface area contributed by atoms with Gasteiger partial charge in [-0.3, -0.25) is 4.68 Å². The molecule has 0 saturated heterocycles. The maximum Gasteiger partial charge on any atom is 0.100 e. The molecule has 2 aromatic heterocycles. The van der Waals surface area contributed by atoms with Crippen LogP contribution in [0.1, 0.15) is 24.3 Å². The summed E-state index contributed by atoms with van der Waals surface area (Å²) in [7, 11) is 0. The minimum absolute atomic E-state index is 0.605. The lowest BCUT2D eigenvalue weighted by atomic mass is 9.97. The summed E-state index contributed by atoms with van der Waals surface area (Å²) in [6.07, 6.45) is 4.42. The molecular formula is C12H16N2OS. The number of aliphatic hydroxyl groups is 1. The van der Waals surface area contributed by atoms with Crippen molar-refractivity contribution in [1.29, 1.82) is 0 Å². The lowest BCUT2D eigenvalue weighted by Crippen LogP contribution is -2.22. The first-order valence-corrected chi connectivity index (χ1v) is 6.27. The van der Waals surface area contributed by atoms with E-state index < -0.39 is 5.60 Å². The van der Waals surface area contributed by atoms with Crippen LogP contribution in [0.25, 0.3) is 0 Å². The summed E-state index contributed by atoms with van der Waals surface area (Å²) < 4.78 is 1.87. The third kappa shape index (κ3) is 2.33. The van der Waals surface area contributed by atoms with Gasteiger partial charge in [-0.25, -0.2) is 0 Å². The van der Waals surface area contributed by atoms with Crippen LogP contribution in [0.3, 0.4) is 0 Å². The molecule has 86 valence electrons. The van der Waals surface area contributed by atoms with Crippen LogP contribution in [0.5, 0.6) is 0 Å². The Morgan fingerprint density at radius 3 is 2.94 bits per heavy atom. The van der Waals surface area contributed by atoms with Crippen molar-refractivity contribution in [2.45, 2.75) is 32.4 Å². The van der Waals surface area contributed by atoms with Gasteiger partial charge in [0.2, 0.25) is 0 Å². The number of hydrogen-bond acceptors (Lipinski definition) is 3. The van der Waals surface area contributed by atoms with Gasteiger partial charge in [-0.15, -0.1) is 11.3 Å². The molecule has 4 heteroatoms. The zero-order chi connectivity index (χ0) is 11.6. The minimum Gasteiger partial charge on any atom is -0.384 e. The van der Waals surface area contributed by atoms with Crippen LogP contribution in [-0.2, 0) is 18.6 Å². The van der Waals surface area contributed by atoms with Gasteiger partial charge in [-0.05, 0) is 30.9 Å². The Morgan fingerprint density at radius 2 is 2.38 bits per heavy atom. The fraction of sp³-hybridized carbons (Fsp3) is 0.417. The summed E-state index contributed by atoms with van der Waals surface area (Å²) in [5.74, 6) is 0. The maximum absolute atomic E-state index is 10.4. The molecule has 1 unspecified atom stereocenters. The van der Waals surface area contributed by atoms with E-state index in [1.54, 1.807) is 11.3 Å². The van der Waals surface area contributed by atoms with Gasteiger partial charge >= 0.3 is 0 Å². The Balaban J connectivity index is 2.14. The summed E-state index contributed by atoms with van der Waals surface area (Å²) in [5, 5.41) is 16.6. The van der Waals surface area contributed by atoms with Crippen LogP contribution >= 0.6 is 11.3 Å². The molecule has 2 aromatic rings. The van der Waals surface area contributed by atoms with Crippen molar-refractivity contribution in [3.05, 3.63) is 40.3 Å². The Hall–Kier alpha value is -1.13. The van der Waals surface area contributed by atoms with Gasteiger partial charge < -0.3 is 5.11 Å². The summed E-state index contributed by atoms with van der Waals surface area (Å²) in [6.45, 7) is 4.76. The molecular weight excluding hydrogens is 220 g/mol. The van der Waals surface area contributed by atoms with E-state index in [1.807, 2.05) is 48.4 Å². The molecule has 1 N–H and O–H groups in total. The summed E-state index contributed by atoms with van der Waals surface area (Å²) in [4.78, 5) is 0.997. The Labute approximate surface area is 99.4 Å². The van der Waals surface area contributed by atoms with Crippen molar-refractivity contribution >= 4 is 11.3 Å². The fourth-order valence-electron chi connectivity index (χ4n) is 1.74. The zero-order valence-electron chi connectivity index (χ0n) is 9.55. The molecule has 0 amide bonds. The van der Waals surface area contributed by atoms with Gasteiger partial charge in [0.15, 0.2) is 0 Å². The van der Waals surface area contributed by atoms with E-state index in [0.717, 1.165) is 17.0 Å². The van der Waals surface area contributed by atoms with Crippen molar-refractivity contribution in [1.82, 2.24) is 9.78 Å². The number of aromatic nitrogens is 2. The highest BCUT2D eigenvalue weighted by molar-refractivity contribution is 7.10. The molecule has 0 aliphatic carbocycles. The largest absolute Gasteiger partial charge is 0.384 e. The molecule has 2 heterocycles. The van der Waals surface area contributed by atoms with Crippen LogP contribution in [-0.4, -0.2) is 14.9 Å². The highest BCUT2D eigenvalue weighted by Gasteiger charge is 2.25. The molecule has 3 nitrogen and oxygen atoms in total. The highest BCUT2D eigenvalue weighted by atomic mass is 32.1. The monoisotopic (exact) mass is 236 g/mol. The summed E-state index contributed by atoms with van der Waals surface area (Å²) >= 11 is 1.58. The molecule has 0 aromatic carbocycles. The first-order chi connectivity index (χ1) is 7.62. The highest BCUT2D eigenvalue weighted by Crippen LogP contribution is 2.28. The molecule has 0 bridgehead atoms. The fourth-order valence-corrected chi connectivity index (χ4v) is 2.53. The van der Waals surface area contributed by atoms with E-state index in [4.69, 9.17) is 0 Å². The lowest BCUT2D eigenvalue weighted by Gasteiger charge is -2.20. The van der Waals surface area contributed by atoms with Crippen molar-refractivity contribution in [3.63, 3.8) is 0 Å². The molecule has 2 rings (SSSR count). The molecule has 16 heavy (non-hydrogen) atoms. The number of rotatable bonds is 4. The first kappa shape index (κ1) is 11.4. The van der Waals surface area contributed by atoms with E-state index in [9.17, 15) is 5.11 Å². The summed E-state index contributed by atoms with van der Waals surface area (Å²) in [6, 6.07) is 3.93. The average Bonchev–Trinajstić information content (AvgIpc) is 2.86. The standard InChI is InChI=1S/C12H16N2OS/c1-3-14-9-10(8-13-14)7-12(2,15)11-5-4-6-16-11/h4-6,8-9,15H,3,7H2,1-2H3. The SMILES string of the molecule is CCn1cc(CC(C)(O)c2cccs2)cn1. The third-order valence-corrected chi connectivity index (χ3v) is 3.73. The molecule has 0 aliphatic heterocycles. The van der Waals surface area contributed by atoms with Crippen molar-refractivity contribution in [2.75, 3.05) is 0 Å². The van der Waals surface area contributed by atoms with Crippen molar-refractivity contribution in [2.24, 2.45) is 0 Å². The number of thiophene rings is 1. The molecule has 0 aliphatic rings. The van der Waals surface area contributed by atoms with Gasteiger partial charge in [0.1, 0.15) is 5.60 Å². The molecule has 0 spiro atoms. The average molecular weight is 236 g/mol. The topological polar surface area (TPSA) is 38.0 Å². The minimum atomic E-state index is -0.796. The molecule has 0 fully saturated rings. The predicted octanol–water partition coefficient (Wildman–Crippen LogP) is 2.41. The Bertz CT molecular complexity index is 445. The molecule has 1 atom stereocenters. The van der Waals surface area contributed by atoms with Crippen molar-refractivity contribution in [3.8, 4) is 0 Å². The predicted molar refractivity (Wildman–Crippen MR) is 65.5 cm³/mol. The van der Waals surface area contributed by atoms with Crippen LogP contribution in [0.2, 0.25) is 0 Å². The van der Waals surface area contributed by atoms with Crippen molar-refractivity contribution < 1.29 is 5.11 Å². The van der Waals surface area contributed by atoms with Crippen LogP contribution in [0.4, 0.5) is 0 Å². The smallest absolute Gasteiger partial charge is 0.100 e. The van der Waals surface area contributed by atoms with Gasteiger partial charge in [-0.1, -0.05) is 6.07 Å². The quantitative estimate of drug-likeness (QED) is 0.885. The second-order valence-electron chi connectivity index (χ2n) is 4.13. The van der Waals surface area contributed by atoms with E-state index in [-0.39, 0.29) is 0 Å². The Morgan fingerprint density at radius 1 is 1.56 bits per heavy atom. The van der Waals surface area contributed by atoms with E-state index in [1.165, 1.54) is 0 Å². The number of nitrogens with zero attached hydrogens (tertiary/aromatic N) is 2. The molecule has 0 saturated carbocycles. The Kier molecular flexibility index (Phi) is 3.12. The molecule has 0 radical (unpaired) electrons. The van der Waals surface area contributed by atoms with Crippen LogP contribution in [0, 0.1) is 0 Å². The van der Waals surface area contributed by atoms with Gasteiger partial charge in [0, 0.05) is 24.0 Å². The van der Waals surface area contributed by atoms with E-state index in [2.05, 4.69) is 5.10 Å².